The molecular formula is C13H14ClN5O2. The number of anilines is 3. The molecule has 0 unspecified atom stereocenters. The summed E-state index contributed by atoms with van der Waals surface area (Å²) in [6.07, 6.45) is -0.507. The van der Waals surface area contributed by atoms with Crippen LogP contribution in [0.3, 0.4) is 0 Å². The van der Waals surface area contributed by atoms with Gasteiger partial charge in [0.2, 0.25) is 5.95 Å². The molecule has 1 aromatic carbocycles. The van der Waals surface area contributed by atoms with Gasteiger partial charge in [-0.1, -0.05) is 23.7 Å². The number of nitrogen functional groups attached to an aromatic ring is 1. The molecule has 1 heterocycles. The molecule has 21 heavy (non-hydrogen) atoms. The van der Waals surface area contributed by atoms with Crippen molar-refractivity contribution in [1.29, 1.82) is 0 Å². The predicted molar refractivity (Wildman–Crippen MR) is 81.3 cm³/mol. The smallest absolute Gasteiger partial charge is 0.411 e. The van der Waals surface area contributed by atoms with Crippen molar-refractivity contribution < 1.29 is 9.53 Å². The monoisotopic (exact) mass is 307 g/mol. The molecule has 0 fully saturated rings. The third kappa shape index (κ3) is 4.50. The van der Waals surface area contributed by atoms with E-state index in [0.717, 1.165) is 5.56 Å². The number of nitrogens with zero attached hydrogens (tertiary/aromatic N) is 2. The molecule has 2 aromatic rings. The molecular weight excluding hydrogens is 294 g/mol. The molecule has 0 aliphatic carbocycles. The Bertz CT molecular complexity index is 613. The van der Waals surface area contributed by atoms with Gasteiger partial charge in [0, 0.05) is 18.3 Å². The van der Waals surface area contributed by atoms with E-state index in [-0.39, 0.29) is 11.1 Å². The molecule has 8 heteroatoms. The summed E-state index contributed by atoms with van der Waals surface area (Å²) in [4.78, 5) is 18.8. The highest BCUT2D eigenvalue weighted by molar-refractivity contribution is 6.29. The van der Waals surface area contributed by atoms with Crippen molar-refractivity contribution in [2.45, 2.75) is 6.54 Å². The number of methoxy groups -OCH3 is 1. The van der Waals surface area contributed by atoms with Crippen LogP contribution in [-0.4, -0.2) is 23.2 Å². The van der Waals surface area contributed by atoms with Crippen LogP contribution >= 0.6 is 11.6 Å². The van der Waals surface area contributed by atoms with Crippen LogP contribution < -0.4 is 16.4 Å². The first-order valence-corrected chi connectivity index (χ1v) is 6.42. The summed E-state index contributed by atoms with van der Waals surface area (Å²) in [5.74, 6) is 0.659. The Morgan fingerprint density at radius 3 is 2.67 bits per heavy atom. The number of halogens is 1. The number of benzene rings is 1. The molecule has 2 rings (SSSR count). The van der Waals surface area contributed by atoms with Crippen LogP contribution in [0.25, 0.3) is 0 Å². The molecule has 0 saturated carbocycles. The number of carbonyl (C=O) groups excluding carboxylic acids is 1. The Hall–Kier alpha value is -2.54. The minimum absolute atomic E-state index is 0.114. The second-order valence-corrected chi connectivity index (χ2v) is 4.49. The molecule has 7 nitrogen and oxygen atoms in total. The lowest BCUT2D eigenvalue weighted by Crippen LogP contribution is -2.11. The molecule has 0 aliphatic heterocycles. The van der Waals surface area contributed by atoms with E-state index in [1.54, 1.807) is 18.2 Å². The normalized spacial score (nSPS) is 10.0. The zero-order valence-corrected chi connectivity index (χ0v) is 12.0. The third-order valence-corrected chi connectivity index (χ3v) is 2.77. The van der Waals surface area contributed by atoms with Crippen LogP contribution in [0.5, 0.6) is 0 Å². The van der Waals surface area contributed by atoms with Crippen molar-refractivity contribution in [3.8, 4) is 0 Å². The highest BCUT2D eigenvalue weighted by Crippen LogP contribution is 2.15. The number of hydrogen-bond donors (Lipinski definition) is 3. The van der Waals surface area contributed by atoms with E-state index in [0.29, 0.717) is 18.1 Å². The van der Waals surface area contributed by atoms with Gasteiger partial charge in [0.05, 0.1) is 7.11 Å². The number of amides is 1. The fraction of sp³-hybridized carbons (Fsp3) is 0.154. The molecule has 0 aliphatic rings. The average Bonchev–Trinajstić information content (AvgIpc) is 2.45. The lowest BCUT2D eigenvalue weighted by atomic mass is 10.2. The first kappa shape index (κ1) is 14.9. The van der Waals surface area contributed by atoms with E-state index >= 15 is 0 Å². The summed E-state index contributed by atoms with van der Waals surface area (Å²) in [7, 11) is 1.31. The summed E-state index contributed by atoms with van der Waals surface area (Å²) in [5.41, 5.74) is 7.16. The maximum Gasteiger partial charge on any atom is 0.411 e. The lowest BCUT2D eigenvalue weighted by Gasteiger charge is -2.08. The first-order chi connectivity index (χ1) is 10.1. The molecule has 0 spiro atoms. The topological polar surface area (TPSA) is 102 Å². The van der Waals surface area contributed by atoms with Crippen LogP contribution in [0.1, 0.15) is 5.56 Å². The molecule has 110 valence electrons. The Kier molecular flexibility index (Phi) is 4.78. The standard InChI is InChI=1S/C13H14ClN5O2/c1-21-13(20)17-9-4-2-8(3-5-9)7-16-11-6-10(14)18-12(15)19-11/h2-6H,7H2,1H3,(H,17,20)(H3,15,16,18,19). The Morgan fingerprint density at radius 2 is 2.05 bits per heavy atom. The molecule has 0 saturated heterocycles. The highest BCUT2D eigenvalue weighted by Gasteiger charge is 2.02. The van der Waals surface area contributed by atoms with Gasteiger partial charge in [-0.2, -0.15) is 4.98 Å². The van der Waals surface area contributed by atoms with Crippen molar-refractivity contribution in [2.24, 2.45) is 0 Å². The van der Waals surface area contributed by atoms with E-state index in [9.17, 15) is 4.79 Å². The van der Waals surface area contributed by atoms with Crippen LogP contribution in [0.15, 0.2) is 30.3 Å². The first-order valence-electron chi connectivity index (χ1n) is 6.04. The number of hydrogen-bond acceptors (Lipinski definition) is 6. The molecule has 4 N–H and O–H groups in total. The minimum Gasteiger partial charge on any atom is -0.453 e. The molecule has 0 atom stereocenters. The van der Waals surface area contributed by atoms with Crippen molar-refractivity contribution in [3.05, 3.63) is 41.0 Å². The second-order valence-electron chi connectivity index (χ2n) is 4.10. The van der Waals surface area contributed by atoms with Crippen LogP contribution in [0.4, 0.5) is 22.2 Å². The van der Waals surface area contributed by atoms with Crippen LogP contribution in [0.2, 0.25) is 5.15 Å². The number of carbonyl (C=O) groups is 1. The SMILES string of the molecule is COC(=O)Nc1ccc(CNc2cc(Cl)nc(N)n2)cc1. The minimum atomic E-state index is -0.507. The number of ether oxygens (including phenoxy) is 1. The van der Waals surface area contributed by atoms with Gasteiger partial charge in [-0.25, -0.2) is 9.78 Å². The summed E-state index contributed by atoms with van der Waals surface area (Å²) in [5, 5.41) is 5.94. The predicted octanol–water partition coefficient (Wildman–Crippen LogP) is 2.50. The van der Waals surface area contributed by atoms with Crippen molar-refractivity contribution in [2.75, 3.05) is 23.5 Å². The second kappa shape index (κ2) is 6.76. The number of nitrogens with two attached hydrogens (primary N) is 1. The quantitative estimate of drug-likeness (QED) is 0.750. The maximum atomic E-state index is 11.1. The summed E-state index contributed by atoms with van der Waals surface area (Å²) < 4.78 is 4.51. The van der Waals surface area contributed by atoms with Gasteiger partial charge in [0.1, 0.15) is 11.0 Å². The van der Waals surface area contributed by atoms with E-state index in [1.165, 1.54) is 7.11 Å². The van der Waals surface area contributed by atoms with Gasteiger partial charge in [0.15, 0.2) is 0 Å². The van der Waals surface area contributed by atoms with E-state index in [4.69, 9.17) is 17.3 Å². The zero-order chi connectivity index (χ0) is 15.2. The third-order valence-electron chi connectivity index (χ3n) is 2.57. The van der Waals surface area contributed by atoms with Crippen LogP contribution in [0, 0.1) is 0 Å². The Labute approximate surface area is 126 Å². The summed E-state index contributed by atoms with van der Waals surface area (Å²) in [6.45, 7) is 0.533. The van der Waals surface area contributed by atoms with Gasteiger partial charge in [-0.15, -0.1) is 0 Å². The molecule has 0 bridgehead atoms. The summed E-state index contributed by atoms with van der Waals surface area (Å²) >= 11 is 5.79. The molecule has 1 aromatic heterocycles. The average molecular weight is 308 g/mol. The van der Waals surface area contributed by atoms with E-state index in [2.05, 4.69) is 25.3 Å². The Morgan fingerprint density at radius 1 is 1.33 bits per heavy atom. The number of aromatic nitrogens is 2. The molecule has 1 amide bonds. The van der Waals surface area contributed by atoms with E-state index < -0.39 is 6.09 Å². The van der Waals surface area contributed by atoms with E-state index in [1.807, 2.05) is 12.1 Å². The number of rotatable bonds is 4. The van der Waals surface area contributed by atoms with Gasteiger partial charge >= 0.3 is 6.09 Å². The van der Waals surface area contributed by atoms with Gasteiger partial charge < -0.3 is 15.8 Å². The zero-order valence-electron chi connectivity index (χ0n) is 11.3. The largest absolute Gasteiger partial charge is 0.453 e. The fourth-order valence-electron chi connectivity index (χ4n) is 1.59. The number of nitrogens with one attached hydrogen (secondary N) is 2. The molecule has 0 radical (unpaired) electrons. The van der Waals surface area contributed by atoms with Gasteiger partial charge in [0.25, 0.3) is 0 Å². The fourth-order valence-corrected chi connectivity index (χ4v) is 1.78. The highest BCUT2D eigenvalue weighted by atomic mass is 35.5. The van der Waals surface area contributed by atoms with Gasteiger partial charge in [-0.3, -0.25) is 5.32 Å². The summed E-state index contributed by atoms with van der Waals surface area (Å²) in [6, 6.07) is 8.87. The Balaban J connectivity index is 1.95. The van der Waals surface area contributed by atoms with Crippen LogP contribution in [-0.2, 0) is 11.3 Å². The van der Waals surface area contributed by atoms with Crippen molar-refractivity contribution >= 4 is 35.1 Å². The van der Waals surface area contributed by atoms with Crippen molar-refractivity contribution in [3.63, 3.8) is 0 Å². The van der Waals surface area contributed by atoms with Crippen molar-refractivity contribution in [1.82, 2.24) is 9.97 Å². The lowest BCUT2D eigenvalue weighted by molar-refractivity contribution is 0.187. The van der Waals surface area contributed by atoms with Gasteiger partial charge in [-0.05, 0) is 17.7 Å². The maximum absolute atomic E-state index is 11.1.